The second kappa shape index (κ2) is 21.0. The van der Waals surface area contributed by atoms with Gasteiger partial charge in [0.05, 0.1) is 12.7 Å². The molecular weight excluding hydrogens is 651 g/mol. The first kappa shape index (κ1) is 41.8. The number of halogens is 4. The lowest BCUT2D eigenvalue weighted by Crippen LogP contribution is -2.54. The largest absolute Gasteiger partial charge is 0.378 e. The van der Waals surface area contributed by atoms with E-state index in [4.69, 9.17) is 21.1 Å². The minimum absolute atomic E-state index is 0.145. The Morgan fingerprint density at radius 3 is 2.24 bits per heavy atom. The minimum Gasteiger partial charge on any atom is -0.378 e. The number of rotatable bonds is 10. The van der Waals surface area contributed by atoms with Crippen molar-refractivity contribution in [3.8, 4) is 0 Å². The molecule has 6 nitrogen and oxygen atoms in total. The van der Waals surface area contributed by atoms with Crippen LogP contribution in [0.5, 0.6) is 0 Å². The Balaban J connectivity index is 0.00000132. The van der Waals surface area contributed by atoms with E-state index in [-0.39, 0.29) is 17.3 Å². The molecule has 3 N–H and O–H groups in total. The molecule has 0 saturated carbocycles. The predicted molar refractivity (Wildman–Crippen MR) is 195 cm³/mol. The average Bonchev–Trinajstić information content (AvgIpc) is 3.54. The number of nitrogens with one attached hydrogen (secondary N) is 3. The van der Waals surface area contributed by atoms with Crippen LogP contribution in [-0.4, -0.2) is 50.0 Å². The molecule has 49 heavy (non-hydrogen) atoms. The van der Waals surface area contributed by atoms with Crippen molar-refractivity contribution in [2.24, 2.45) is 0 Å². The molecule has 0 aromatic heterocycles. The van der Waals surface area contributed by atoms with E-state index in [1.807, 2.05) is 41.5 Å². The Morgan fingerprint density at radius 2 is 1.65 bits per heavy atom. The molecule has 3 aromatic carbocycles. The van der Waals surface area contributed by atoms with Gasteiger partial charge in [0.25, 0.3) is 0 Å². The van der Waals surface area contributed by atoms with Crippen LogP contribution in [0.3, 0.4) is 0 Å². The van der Waals surface area contributed by atoms with Crippen LogP contribution in [0.2, 0.25) is 5.02 Å². The Morgan fingerprint density at radius 1 is 1.00 bits per heavy atom. The van der Waals surface area contributed by atoms with E-state index in [0.29, 0.717) is 66.7 Å². The summed E-state index contributed by atoms with van der Waals surface area (Å²) in [5, 5.41) is 9.83. The normalized spacial score (nSPS) is 19.1. The maximum atomic E-state index is 15.2. The van der Waals surface area contributed by atoms with Crippen molar-refractivity contribution in [1.82, 2.24) is 10.6 Å². The summed E-state index contributed by atoms with van der Waals surface area (Å²) in [7, 11) is 0. The lowest BCUT2D eigenvalue weighted by Gasteiger charge is -2.38. The van der Waals surface area contributed by atoms with E-state index in [9.17, 15) is 13.6 Å². The monoisotopic (exact) mass is 703 g/mol. The van der Waals surface area contributed by atoms with E-state index in [2.05, 4.69) is 22.5 Å². The van der Waals surface area contributed by atoms with E-state index in [0.717, 1.165) is 12.5 Å². The summed E-state index contributed by atoms with van der Waals surface area (Å²) in [6.45, 7) is 20.1. The zero-order valence-electron chi connectivity index (χ0n) is 29.9. The number of carbonyl (C=O) groups excluding carboxylic acids is 1. The number of hydrogen-bond donors (Lipinski definition) is 3. The molecule has 2 aliphatic heterocycles. The van der Waals surface area contributed by atoms with Gasteiger partial charge in [-0.1, -0.05) is 77.9 Å². The quantitative estimate of drug-likeness (QED) is 0.197. The van der Waals surface area contributed by atoms with Crippen LogP contribution in [0.25, 0.3) is 0 Å². The lowest BCUT2D eigenvalue weighted by atomic mass is 9.84. The van der Waals surface area contributed by atoms with Gasteiger partial charge < -0.3 is 25.4 Å². The van der Waals surface area contributed by atoms with Crippen molar-refractivity contribution in [3.63, 3.8) is 0 Å². The number of carbonyl (C=O) groups is 1. The topological polar surface area (TPSA) is 71.6 Å². The molecule has 3 aromatic rings. The van der Waals surface area contributed by atoms with Crippen molar-refractivity contribution in [2.45, 2.75) is 91.4 Å². The van der Waals surface area contributed by atoms with Crippen molar-refractivity contribution >= 4 is 23.2 Å². The zero-order valence-corrected chi connectivity index (χ0v) is 30.7. The smallest absolute Gasteiger partial charge is 0.247 e. The molecule has 0 radical (unpaired) electrons. The van der Waals surface area contributed by atoms with Crippen molar-refractivity contribution in [3.05, 3.63) is 112 Å². The highest BCUT2D eigenvalue weighted by Crippen LogP contribution is 2.33. The van der Waals surface area contributed by atoms with Crippen LogP contribution in [-0.2, 0) is 20.7 Å². The molecule has 1 amide bonds. The van der Waals surface area contributed by atoms with Crippen LogP contribution in [0.4, 0.5) is 18.9 Å². The molecule has 0 bridgehead atoms. The third-order valence-corrected chi connectivity index (χ3v) is 8.14. The van der Waals surface area contributed by atoms with Crippen LogP contribution < -0.4 is 16.0 Å². The molecule has 10 heteroatoms. The molecule has 2 saturated heterocycles. The summed E-state index contributed by atoms with van der Waals surface area (Å²) in [4.78, 5) is 14.0. The fourth-order valence-corrected chi connectivity index (χ4v) is 6.02. The molecule has 4 atom stereocenters. The van der Waals surface area contributed by atoms with E-state index in [1.165, 1.54) is 24.3 Å². The Bertz CT molecular complexity index is 1450. The molecule has 2 heterocycles. The Kier molecular flexibility index (Phi) is 17.9. The van der Waals surface area contributed by atoms with Crippen LogP contribution in [0, 0.1) is 17.5 Å². The molecular formula is C39H53ClF3N3O3. The summed E-state index contributed by atoms with van der Waals surface area (Å²) >= 11 is 6.12. The molecule has 5 rings (SSSR count). The highest BCUT2D eigenvalue weighted by Gasteiger charge is 2.40. The van der Waals surface area contributed by atoms with Crippen LogP contribution in [0.1, 0.15) is 83.9 Å². The number of allylic oxidation sites excluding steroid dienone is 1. The standard InChI is InChI=1S/C33H35ClF3N3O3.3C2H6/c1-20(2)39-31(30(21-6-8-23(34)9-7-21)22-14-24(35)16-25(36)15-22)32(41)40-29-5-3-4-28(37)27(29)11-10-26-17-38-18-33(43-26)12-13-42-19-33;3*1-2/h3-9,14-16,26,30-31,38-39H,1,10-13,17-19H2,2H3,(H,40,41);3*1-2H3/t26-,30+,31+,33?;;;/m1.../s1. The average molecular weight is 704 g/mol. The number of hydrogen-bond acceptors (Lipinski definition) is 5. The fraction of sp³-hybridized carbons (Fsp3) is 0.462. The van der Waals surface area contributed by atoms with Gasteiger partial charge in [-0.3, -0.25) is 4.79 Å². The predicted octanol–water partition coefficient (Wildman–Crippen LogP) is 9.18. The number of benzene rings is 3. The Labute approximate surface area is 295 Å². The minimum atomic E-state index is -1.07. The van der Waals surface area contributed by atoms with Crippen LogP contribution >= 0.6 is 11.6 Å². The molecule has 270 valence electrons. The van der Waals surface area contributed by atoms with Gasteiger partial charge in [-0.05, 0) is 67.3 Å². The number of amides is 1. The molecule has 0 aliphatic carbocycles. The van der Waals surface area contributed by atoms with Gasteiger partial charge in [0, 0.05) is 60.1 Å². The van der Waals surface area contributed by atoms with E-state index < -0.39 is 35.3 Å². The Hall–Kier alpha value is -3.37. The zero-order chi connectivity index (χ0) is 36.6. The molecule has 2 fully saturated rings. The molecule has 2 aliphatic rings. The van der Waals surface area contributed by atoms with Gasteiger partial charge >= 0.3 is 0 Å². The first-order valence-electron chi connectivity index (χ1n) is 17.3. The van der Waals surface area contributed by atoms with Gasteiger partial charge in [0.1, 0.15) is 29.1 Å². The maximum absolute atomic E-state index is 15.2. The number of ether oxygens (including phenoxy) is 2. The van der Waals surface area contributed by atoms with Gasteiger partial charge in [-0.25, -0.2) is 13.2 Å². The summed E-state index contributed by atoms with van der Waals surface area (Å²) in [6.07, 6.45) is 1.51. The van der Waals surface area contributed by atoms with Gasteiger partial charge in [0.2, 0.25) is 5.91 Å². The first-order chi connectivity index (χ1) is 23.6. The fourth-order valence-electron chi connectivity index (χ4n) is 5.89. The van der Waals surface area contributed by atoms with Crippen LogP contribution in [0.15, 0.2) is 72.9 Å². The molecule has 1 spiro atoms. The third kappa shape index (κ3) is 11.9. The van der Waals surface area contributed by atoms with E-state index >= 15 is 4.39 Å². The van der Waals surface area contributed by atoms with Gasteiger partial charge in [0.15, 0.2) is 0 Å². The SMILES string of the molecule is C=C(C)N[C@H](C(=O)Nc1cccc(F)c1CC[C@@H]1CNCC2(CCOC2)O1)[C@@H](c1ccc(Cl)cc1)c1cc(F)cc(F)c1.CC.CC.CC. The maximum Gasteiger partial charge on any atom is 0.247 e. The van der Waals surface area contributed by atoms with Gasteiger partial charge in [-0.2, -0.15) is 0 Å². The molecule has 1 unspecified atom stereocenters. The highest BCUT2D eigenvalue weighted by molar-refractivity contribution is 6.30. The number of morpholine rings is 1. The second-order valence-corrected chi connectivity index (χ2v) is 11.7. The summed E-state index contributed by atoms with van der Waals surface area (Å²) in [6, 6.07) is 13.3. The summed E-state index contributed by atoms with van der Waals surface area (Å²) in [5.41, 5.74) is 1.58. The van der Waals surface area contributed by atoms with Crippen molar-refractivity contribution in [2.75, 3.05) is 31.6 Å². The summed E-state index contributed by atoms with van der Waals surface area (Å²) in [5.74, 6) is -3.38. The van der Waals surface area contributed by atoms with Crippen molar-refractivity contribution in [1.29, 1.82) is 0 Å². The first-order valence-corrected chi connectivity index (χ1v) is 17.7. The van der Waals surface area contributed by atoms with E-state index in [1.54, 1.807) is 37.3 Å². The second-order valence-electron chi connectivity index (χ2n) is 11.3. The summed E-state index contributed by atoms with van der Waals surface area (Å²) < 4.78 is 56.0. The van der Waals surface area contributed by atoms with Crippen molar-refractivity contribution < 1.29 is 27.4 Å². The number of anilines is 1. The third-order valence-electron chi connectivity index (χ3n) is 7.89. The highest BCUT2D eigenvalue weighted by atomic mass is 35.5. The van der Waals surface area contributed by atoms with Gasteiger partial charge in [-0.15, -0.1) is 0 Å². The lowest BCUT2D eigenvalue weighted by molar-refractivity contribution is -0.118.